The van der Waals surface area contributed by atoms with E-state index in [4.69, 9.17) is 0 Å². The number of urea groups is 1. The topological polar surface area (TPSA) is 58.2 Å². The molecule has 0 aromatic rings. The van der Waals surface area contributed by atoms with Crippen molar-refractivity contribution in [2.45, 2.75) is 26.3 Å². The van der Waals surface area contributed by atoms with Crippen LogP contribution in [0.1, 0.15) is 20.8 Å². The van der Waals surface area contributed by atoms with E-state index in [9.17, 15) is 9.59 Å². The highest BCUT2D eigenvalue weighted by Gasteiger charge is 2.27. The van der Waals surface area contributed by atoms with Crippen LogP contribution < -0.4 is 10.7 Å². The molecule has 0 aliphatic rings. The van der Waals surface area contributed by atoms with Crippen molar-refractivity contribution < 1.29 is 14.2 Å². The number of quaternary nitrogens is 1. The highest BCUT2D eigenvalue weighted by Crippen LogP contribution is 2.02. The maximum Gasteiger partial charge on any atom is 0.359 e. The summed E-state index contributed by atoms with van der Waals surface area (Å²) in [6.45, 7) is 4.79. The molecule has 0 aliphatic carbocycles. The summed E-state index contributed by atoms with van der Waals surface area (Å²) >= 11 is 0. The summed E-state index contributed by atoms with van der Waals surface area (Å²) in [6, 6.07) is -0.349. The van der Waals surface area contributed by atoms with Gasteiger partial charge in [0.2, 0.25) is 0 Å². The minimum atomic E-state index is -0.820. The molecule has 0 unspecified atom stereocenters. The van der Waals surface area contributed by atoms with Crippen LogP contribution in [0.4, 0.5) is 4.79 Å². The lowest BCUT2D eigenvalue weighted by Crippen LogP contribution is -2.59. The summed E-state index contributed by atoms with van der Waals surface area (Å²) in [6.07, 6.45) is 0. The number of rotatable bonds is 3. The summed E-state index contributed by atoms with van der Waals surface area (Å²) in [5.41, 5.74) is 1.85. The molecule has 5 nitrogen and oxygen atoms in total. The Hall–Kier alpha value is -1.10. The Kier molecular flexibility index (Phi) is 3.65. The molecule has 2 N–H and O–H groups in total. The number of ketones is 1. The Morgan fingerprint density at radius 1 is 1.14 bits per heavy atom. The first-order valence-electron chi connectivity index (χ1n) is 4.47. The molecule has 0 saturated heterocycles. The van der Waals surface area contributed by atoms with Crippen molar-refractivity contribution in [3.63, 3.8) is 0 Å². The van der Waals surface area contributed by atoms with Crippen molar-refractivity contribution in [3.05, 3.63) is 0 Å². The summed E-state index contributed by atoms with van der Waals surface area (Å²) in [4.78, 5) is 22.5. The lowest BCUT2D eigenvalue weighted by atomic mass is 10.0. The number of nitrogens with one attached hydrogen (secondary N) is 2. The van der Waals surface area contributed by atoms with Gasteiger partial charge >= 0.3 is 6.03 Å². The van der Waals surface area contributed by atoms with Crippen LogP contribution in [0.5, 0.6) is 0 Å². The van der Waals surface area contributed by atoms with E-state index in [1.807, 2.05) is 21.1 Å². The largest absolute Gasteiger partial charge is 0.359 e. The number of amides is 2. The number of carbonyl (C=O) groups excluding carboxylic acids is 2. The van der Waals surface area contributed by atoms with Gasteiger partial charge in [0.25, 0.3) is 0 Å². The molecule has 0 heterocycles. The lowest BCUT2D eigenvalue weighted by molar-refractivity contribution is -0.905. The van der Waals surface area contributed by atoms with Crippen LogP contribution in [-0.2, 0) is 4.79 Å². The van der Waals surface area contributed by atoms with E-state index in [-0.39, 0.29) is 11.8 Å². The third kappa shape index (κ3) is 4.81. The molecule has 0 aromatic heterocycles. The number of hydrogen-bond donors (Lipinski definition) is 2. The van der Waals surface area contributed by atoms with Gasteiger partial charge in [-0.1, -0.05) is 0 Å². The molecule has 0 rings (SSSR count). The summed E-state index contributed by atoms with van der Waals surface area (Å²) in [7, 11) is 5.46. The quantitative estimate of drug-likeness (QED) is 0.510. The van der Waals surface area contributed by atoms with E-state index in [1.54, 1.807) is 13.8 Å². The van der Waals surface area contributed by atoms with E-state index in [2.05, 4.69) is 10.7 Å². The van der Waals surface area contributed by atoms with Gasteiger partial charge in [0.1, 0.15) is 0 Å². The summed E-state index contributed by atoms with van der Waals surface area (Å²) in [5, 5.41) is 2.60. The molecular weight excluding hydrogens is 182 g/mol. The standard InChI is InChI=1S/C9H19N3O2/c1-7(13)9(2,3)10-8(14)11-12(4,5)6/h1-6H3,(H-,10,11,14)/p+1. The molecule has 0 radical (unpaired) electrons. The molecule has 0 saturated carbocycles. The second kappa shape index (κ2) is 3.96. The van der Waals surface area contributed by atoms with Crippen LogP contribution in [0.15, 0.2) is 0 Å². The second-order valence-electron chi connectivity index (χ2n) is 4.76. The minimum Gasteiger partial charge on any atom is -0.323 e. The molecular formula is C9H20N3O2+. The highest BCUT2D eigenvalue weighted by molar-refractivity contribution is 5.89. The second-order valence-corrected chi connectivity index (χ2v) is 4.76. The van der Waals surface area contributed by atoms with Crippen molar-refractivity contribution in [2.75, 3.05) is 21.1 Å². The fourth-order valence-corrected chi connectivity index (χ4v) is 0.704. The predicted molar refractivity (Wildman–Crippen MR) is 54.5 cm³/mol. The first kappa shape index (κ1) is 12.9. The number of carbonyl (C=O) groups is 2. The zero-order valence-electron chi connectivity index (χ0n) is 9.76. The van der Waals surface area contributed by atoms with Crippen LogP contribution in [0.2, 0.25) is 0 Å². The SMILES string of the molecule is CC(=O)C(C)(C)NC(=O)N[N+](C)(C)C. The molecule has 0 bridgehead atoms. The Bertz CT molecular complexity index is 241. The van der Waals surface area contributed by atoms with E-state index in [0.717, 1.165) is 0 Å². The van der Waals surface area contributed by atoms with Crippen molar-refractivity contribution in [2.24, 2.45) is 0 Å². The molecule has 0 atom stereocenters. The van der Waals surface area contributed by atoms with Crippen LogP contribution >= 0.6 is 0 Å². The van der Waals surface area contributed by atoms with Gasteiger partial charge in [-0.05, 0) is 20.8 Å². The van der Waals surface area contributed by atoms with Crippen LogP contribution in [0.25, 0.3) is 0 Å². The average molecular weight is 202 g/mol. The zero-order valence-corrected chi connectivity index (χ0v) is 9.76. The lowest BCUT2D eigenvalue weighted by Gasteiger charge is -2.28. The Morgan fingerprint density at radius 2 is 1.57 bits per heavy atom. The highest BCUT2D eigenvalue weighted by atomic mass is 16.2. The van der Waals surface area contributed by atoms with E-state index in [1.165, 1.54) is 6.92 Å². The van der Waals surface area contributed by atoms with Gasteiger partial charge in [0, 0.05) is 0 Å². The first-order chi connectivity index (χ1) is 6.04. The van der Waals surface area contributed by atoms with Gasteiger partial charge in [0.15, 0.2) is 5.78 Å². The van der Waals surface area contributed by atoms with Gasteiger partial charge in [-0.25, -0.2) is 9.39 Å². The van der Waals surface area contributed by atoms with Gasteiger partial charge in [-0.3, -0.25) is 4.79 Å². The average Bonchev–Trinajstić information content (AvgIpc) is 1.79. The normalized spacial score (nSPS) is 12.1. The monoisotopic (exact) mass is 202 g/mol. The van der Waals surface area contributed by atoms with Crippen molar-refractivity contribution in [3.8, 4) is 0 Å². The molecule has 0 spiro atoms. The van der Waals surface area contributed by atoms with Gasteiger partial charge in [-0.15, -0.1) is 0 Å². The fourth-order valence-electron chi connectivity index (χ4n) is 0.704. The third-order valence-corrected chi connectivity index (χ3v) is 1.74. The van der Waals surface area contributed by atoms with E-state index >= 15 is 0 Å². The van der Waals surface area contributed by atoms with E-state index < -0.39 is 5.54 Å². The van der Waals surface area contributed by atoms with Crippen molar-refractivity contribution in [1.82, 2.24) is 10.7 Å². The Labute approximate surface area is 85.0 Å². The zero-order chi connectivity index (χ0) is 11.6. The number of Topliss-reactive ketones (excluding diaryl/α,β-unsaturated/α-hetero) is 1. The van der Waals surface area contributed by atoms with E-state index in [0.29, 0.717) is 4.59 Å². The number of nitrogens with zero attached hydrogens (tertiary/aromatic N) is 1. The Morgan fingerprint density at radius 3 is 1.86 bits per heavy atom. The first-order valence-corrected chi connectivity index (χ1v) is 4.47. The fraction of sp³-hybridized carbons (Fsp3) is 0.778. The molecule has 0 aromatic carbocycles. The molecule has 14 heavy (non-hydrogen) atoms. The van der Waals surface area contributed by atoms with Gasteiger partial charge in [-0.2, -0.15) is 5.43 Å². The van der Waals surface area contributed by atoms with Crippen molar-refractivity contribution >= 4 is 11.8 Å². The number of hydrogen-bond acceptors (Lipinski definition) is 2. The Balaban J connectivity index is 4.27. The van der Waals surface area contributed by atoms with Gasteiger partial charge in [0.05, 0.1) is 26.7 Å². The maximum absolute atomic E-state index is 11.4. The van der Waals surface area contributed by atoms with Crippen LogP contribution in [0.3, 0.4) is 0 Å². The smallest absolute Gasteiger partial charge is 0.323 e. The van der Waals surface area contributed by atoms with Crippen LogP contribution in [-0.4, -0.2) is 43.1 Å². The van der Waals surface area contributed by atoms with Gasteiger partial charge < -0.3 is 5.32 Å². The molecule has 0 aliphatic heterocycles. The third-order valence-electron chi connectivity index (χ3n) is 1.74. The molecule has 0 fully saturated rings. The van der Waals surface area contributed by atoms with Crippen molar-refractivity contribution in [1.29, 1.82) is 0 Å². The summed E-state index contributed by atoms with van der Waals surface area (Å²) in [5.74, 6) is -0.0749. The van der Waals surface area contributed by atoms with Crippen LogP contribution in [0, 0.1) is 0 Å². The molecule has 2 amide bonds. The summed E-state index contributed by atoms with van der Waals surface area (Å²) < 4.78 is 0.305. The minimum absolute atomic E-state index is 0.0749. The maximum atomic E-state index is 11.4. The molecule has 82 valence electrons. The predicted octanol–water partition coefficient (Wildman–Crippen LogP) is 0.274. The molecule has 5 heteroatoms.